The molecule has 88 heavy (non-hydrogen) atoms. The van der Waals surface area contributed by atoms with Crippen molar-refractivity contribution in [2.24, 2.45) is 0 Å². The summed E-state index contributed by atoms with van der Waals surface area (Å²) in [4.78, 5) is 0. The van der Waals surface area contributed by atoms with E-state index in [-0.39, 0.29) is 43.3 Å². The van der Waals surface area contributed by atoms with E-state index in [0.717, 1.165) is 0 Å². The van der Waals surface area contributed by atoms with Gasteiger partial charge in [0.25, 0.3) is 0 Å². The molecule has 0 atom stereocenters. The molecule has 0 saturated heterocycles. The maximum absolute atomic E-state index is 2.73. The third kappa shape index (κ3) is 9.55. The van der Waals surface area contributed by atoms with Gasteiger partial charge in [-0.25, -0.2) is 0 Å². The van der Waals surface area contributed by atoms with Crippen LogP contribution in [0.25, 0.3) is 121 Å². The zero-order valence-electron chi connectivity index (χ0n) is 57.8. The van der Waals surface area contributed by atoms with Crippen molar-refractivity contribution in [1.29, 1.82) is 0 Å². The van der Waals surface area contributed by atoms with Crippen molar-refractivity contribution in [3.05, 3.63) is 190 Å². The summed E-state index contributed by atoms with van der Waals surface area (Å²) in [5, 5.41) is 10.5. The van der Waals surface area contributed by atoms with E-state index in [1.807, 2.05) is 0 Å². The molecule has 13 aromatic rings. The van der Waals surface area contributed by atoms with E-state index in [1.54, 1.807) is 0 Å². The Kier molecular flexibility index (Phi) is 12.9. The highest BCUT2D eigenvalue weighted by atomic mass is 14.9. The molecule has 0 bridgehead atoms. The highest BCUT2D eigenvalue weighted by Gasteiger charge is 2.33. The number of rotatable bonds is 4. The second-order valence-electron chi connectivity index (χ2n) is 34.9. The van der Waals surface area contributed by atoms with Gasteiger partial charge in [0.1, 0.15) is 0 Å². The third-order valence-corrected chi connectivity index (χ3v) is 19.9. The summed E-state index contributed by atoms with van der Waals surface area (Å²) >= 11 is 0. The average molecular weight is 1160 g/mol. The fourth-order valence-corrected chi connectivity index (χ4v) is 14.2. The first-order chi connectivity index (χ1) is 40.7. The van der Waals surface area contributed by atoms with Crippen LogP contribution in [0, 0.1) is 0 Å². The summed E-state index contributed by atoms with van der Waals surface area (Å²) in [5.41, 5.74) is 28.3. The van der Waals surface area contributed by atoms with Gasteiger partial charge in [-0.15, -0.1) is 0 Å². The van der Waals surface area contributed by atoms with Crippen LogP contribution in [-0.4, -0.2) is 8.80 Å². The Morgan fingerprint density at radius 2 is 0.443 bits per heavy atom. The number of nitrogens with zero attached hydrogens (tertiary/aromatic N) is 2. The lowest BCUT2D eigenvalue weighted by molar-refractivity contribution is 0.568. The van der Waals surface area contributed by atoms with Gasteiger partial charge in [0.05, 0.1) is 33.1 Å². The fourth-order valence-electron chi connectivity index (χ4n) is 14.2. The molecule has 4 aromatic heterocycles. The van der Waals surface area contributed by atoms with Crippen LogP contribution in [0.4, 0.5) is 0 Å². The van der Waals surface area contributed by atoms with Gasteiger partial charge in [-0.3, -0.25) is 0 Å². The van der Waals surface area contributed by atoms with Crippen molar-refractivity contribution in [3.8, 4) is 44.5 Å². The quantitative estimate of drug-likeness (QED) is 0.166. The summed E-state index contributed by atoms with van der Waals surface area (Å²) in [5.74, 6) is 0. The third-order valence-electron chi connectivity index (χ3n) is 19.9. The van der Waals surface area contributed by atoms with E-state index in [4.69, 9.17) is 0 Å². The first-order valence-corrected chi connectivity index (χ1v) is 32.7. The van der Waals surface area contributed by atoms with Crippen LogP contribution in [0.1, 0.15) is 211 Å². The smallest absolute Gasteiger partial charge is 0.0634 e. The van der Waals surface area contributed by atoms with Crippen LogP contribution in [-0.2, 0) is 43.3 Å². The number of aromatic nitrogens is 2. The SMILES string of the molecule is CC(C)(C)c1cc(-c2ccc3c4c5c6cccc(-c7cc(C(C)(C)C)cc(C(C)(C)C)c7)c6n6c7cc(-c8cc(C(C)(C)C)cc(C(C)(C)C)c8)ccc7c(c7c8cccc(-c9cc(C(C)(C)C)cc(C(C)(C)C)c9)c8n(c3c2)c47)c56)cc(C(C)(C)C)c1. The Labute approximate surface area is 526 Å². The number of hydrogen-bond acceptors (Lipinski definition) is 0. The molecule has 0 fully saturated rings. The molecule has 4 heterocycles. The molecule has 2 nitrogen and oxygen atoms in total. The van der Waals surface area contributed by atoms with Crippen molar-refractivity contribution in [2.45, 2.75) is 209 Å². The van der Waals surface area contributed by atoms with Gasteiger partial charge in [0.15, 0.2) is 0 Å². The standard InChI is InChI=1S/C86H96N2/c1-79(2,3)55-35-51(36-56(45-55)80(4,5)6)49-31-33-65-69(43-49)87-75-63(53-39-59(83(13,14)15)47-60(40-53)84(16,17)18)27-25-29-67(75)74-72-66-34-32-50(52-37-57(81(7,8)9)46-58(38-52)82(10,11)12)44-70(66)88-76-64(28-26-30-68(76)73(78(72)88)71(65)77(74)87)54-41-61(85(19,20)21)48-62(42-54)86(22,23)24/h25-48H,1-24H3. The van der Waals surface area contributed by atoms with Gasteiger partial charge in [-0.05, 0) is 133 Å². The Morgan fingerprint density at radius 1 is 0.205 bits per heavy atom. The molecule has 13 rings (SSSR count). The Hall–Kier alpha value is -7.42. The molecule has 0 aliphatic heterocycles. The minimum atomic E-state index is -0.0531. The van der Waals surface area contributed by atoms with E-state index in [1.165, 1.54) is 165 Å². The minimum absolute atomic E-state index is 0.0255. The summed E-state index contributed by atoms with van der Waals surface area (Å²) in [6, 6.07) is 59.1. The molecule has 0 aliphatic rings. The minimum Gasteiger partial charge on any atom is -0.307 e. The van der Waals surface area contributed by atoms with Crippen LogP contribution in [0.5, 0.6) is 0 Å². The molecule has 2 heteroatoms. The predicted octanol–water partition coefficient (Wildman–Crippen LogP) is 25.0. The van der Waals surface area contributed by atoms with E-state index < -0.39 is 0 Å². The van der Waals surface area contributed by atoms with Gasteiger partial charge in [-0.2, -0.15) is 0 Å². The molecule has 9 aromatic carbocycles. The zero-order chi connectivity index (χ0) is 63.4. The van der Waals surface area contributed by atoms with Crippen LogP contribution >= 0.6 is 0 Å². The Morgan fingerprint density at radius 3 is 0.693 bits per heavy atom. The molecule has 0 amide bonds. The van der Waals surface area contributed by atoms with Gasteiger partial charge in [0.2, 0.25) is 0 Å². The maximum atomic E-state index is 2.73. The fraction of sp³-hybridized carbons (Fsp3) is 0.372. The van der Waals surface area contributed by atoms with Gasteiger partial charge in [-0.1, -0.05) is 300 Å². The van der Waals surface area contributed by atoms with Crippen molar-refractivity contribution in [2.75, 3.05) is 0 Å². The summed E-state index contributed by atoms with van der Waals surface area (Å²) in [6.45, 7) is 56.6. The summed E-state index contributed by atoms with van der Waals surface area (Å²) in [7, 11) is 0. The number of benzene rings is 9. The van der Waals surface area contributed by atoms with Gasteiger partial charge >= 0.3 is 0 Å². The summed E-state index contributed by atoms with van der Waals surface area (Å²) < 4.78 is 5.47. The molecule has 0 spiro atoms. The number of fused-ring (bicyclic) bond motifs is 14. The van der Waals surface area contributed by atoms with Crippen molar-refractivity contribution in [1.82, 2.24) is 8.80 Å². The van der Waals surface area contributed by atoms with E-state index >= 15 is 0 Å². The largest absolute Gasteiger partial charge is 0.307 e. The zero-order valence-corrected chi connectivity index (χ0v) is 57.8. The highest BCUT2D eigenvalue weighted by Crippen LogP contribution is 2.55. The molecule has 0 saturated carbocycles. The lowest BCUT2D eigenvalue weighted by atomic mass is 9.78. The first-order valence-electron chi connectivity index (χ1n) is 32.7. The second-order valence-corrected chi connectivity index (χ2v) is 34.9. The molecule has 450 valence electrons. The normalized spacial score (nSPS) is 13.9. The molecule has 0 unspecified atom stereocenters. The predicted molar refractivity (Wildman–Crippen MR) is 387 cm³/mol. The topological polar surface area (TPSA) is 8.82 Å². The molecular weight excluding hydrogens is 1060 g/mol. The summed E-state index contributed by atoms with van der Waals surface area (Å²) in [6.07, 6.45) is 0. The van der Waals surface area contributed by atoms with Crippen LogP contribution in [0.2, 0.25) is 0 Å². The average Bonchev–Trinajstić information content (AvgIpc) is 1.49. The van der Waals surface area contributed by atoms with Crippen molar-refractivity contribution in [3.63, 3.8) is 0 Å². The molecule has 0 radical (unpaired) electrons. The van der Waals surface area contributed by atoms with E-state index in [2.05, 4.69) is 321 Å². The van der Waals surface area contributed by atoms with Gasteiger partial charge < -0.3 is 8.80 Å². The van der Waals surface area contributed by atoms with Crippen molar-refractivity contribution < 1.29 is 0 Å². The lowest BCUT2D eigenvalue weighted by Gasteiger charge is -2.26. The van der Waals surface area contributed by atoms with Crippen LogP contribution in [0.3, 0.4) is 0 Å². The number of para-hydroxylation sites is 2. The van der Waals surface area contributed by atoms with Crippen LogP contribution < -0.4 is 0 Å². The van der Waals surface area contributed by atoms with Crippen molar-refractivity contribution >= 4 is 76.2 Å². The monoisotopic (exact) mass is 1160 g/mol. The Bertz CT molecular complexity index is 4550. The first kappa shape index (κ1) is 59.5. The molecule has 0 N–H and O–H groups in total. The Balaban J connectivity index is 1.27. The molecule has 0 aliphatic carbocycles. The number of hydrogen-bond donors (Lipinski definition) is 0. The van der Waals surface area contributed by atoms with Crippen LogP contribution in [0.15, 0.2) is 146 Å². The van der Waals surface area contributed by atoms with E-state index in [0.29, 0.717) is 0 Å². The highest BCUT2D eigenvalue weighted by molar-refractivity contribution is 6.46. The van der Waals surface area contributed by atoms with E-state index in [9.17, 15) is 0 Å². The maximum Gasteiger partial charge on any atom is 0.0634 e. The second kappa shape index (κ2) is 19.1. The molecular formula is C86H96N2. The lowest BCUT2D eigenvalue weighted by Crippen LogP contribution is -2.16. The van der Waals surface area contributed by atoms with Gasteiger partial charge in [0, 0.05) is 54.2 Å².